The second-order valence-electron chi connectivity index (χ2n) is 3.78. The van der Waals surface area contributed by atoms with Crippen molar-refractivity contribution < 1.29 is 4.42 Å². The van der Waals surface area contributed by atoms with Gasteiger partial charge in [0, 0.05) is 12.6 Å². The fraction of sp³-hybridized carbons (Fsp3) is 0.0769. The first-order valence-electron chi connectivity index (χ1n) is 5.39. The van der Waals surface area contributed by atoms with Crippen LogP contribution < -0.4 is 0 Å². The molecule has 1 aromatic carbocycles. The number of benzene rings is 1. The smallest absolute Gasteiger partial charge is 0.181 e. The summed E-state index contributed by atoms with van der Waals surface area (Å²) in [6, 6.07) is 10.2. The number of hydrogen-bond acceptors (Lipinski definition) is 3. The molecule has 84 valence electrons. The van der Waals surface area contributed by atoms with Crippen molar-refractivity contribution in [3.63, 3.8) is 0 Å². The van der Waals surface area contributed by atoms with Crippen LogP contribution in [0.1, 0.15) is 11.3 Å². The predicted molar refractivity (Wildman–Crippen MR) is 63.3 cm³/mol. The van der Waals surface area contributed by atoms with Crippen LogP contribution in [0.15, 0.2) is 53.5 Å². The molecular weight excluding hydrogens is 214 g/mol. The van der Waals surface area contributed by atoms with Crippen molar-refractivity contribution in [2.75, 3.05) is 0 Å². The molecule has 0 radical (unpaired) electrons. The fourth-order valence-electron chi connectivity index (χ4n) is 1.79. The molecule has 0 bridgehead atoms. The Kier molecular flexibility index (Phi) is 2.46. The normalized spacial score (nSPS) is 10.6. The van der Waals surface area contributed by atoms with E-state index in [1.807, 2.05) is 18.2 Å². The minimum atomic E-state index is 0.762. The van der Waals surface area contributed by atoms with E-state index in [-0.39, 0.29) is 0 Å². The minimum Gasteiger partial charge on any atom is -0.443 e. The van der Waals surface area contributed by atoms with Gasteiger partial charge in [-0.15, -0.1) is 0 Å². The quantitative estimate of drug-likeness (QED) is 0.745. The Bertz CT molecular complexity index is 584. The third-order valence-corrected chi connectivity index (χ3v) is 2.62. The topological polar surface area (TPSA) is 54.7 Å². The maximum Gasteiger partial charge on any atom is 0.181 e. The van der Waals surface area contributed by atoms with E-state index in [0.29, 0.717) is 0 Å². The molecule has 0 spiro atoms. The lowest BCUT2D eigenvalue weighted by Crippen LogP contribution is -1.90. The molecule has 0 unspecified atom stereocenters. The molecule has 0 aliphatic rings. The molecule has 1 N–H and O–H groups in total. The van der Waals surface area contributed by atoms with Gasteiger partial charge in [0.25, 0.3) is 0 Å². The predicted octanol–water partition coefficient (Wildman–Crippen LogP) is 2.66. The summed E-state index contributed by atoms with van der Waals surface area (Å²) in [5.41, 5.74) is 3.07. The van der Waals surface area contributed by atoms with E-state index in [1.54, 1.807) is 12.4 Å². The third-order valence-electron chi connectivity index (χ3n) is 2.62. The molecule has 0 aliphatic heterocycles. The van der Waals surface area contributed by atoms with E-state index in [4.69, 9.17) is 4.42 Å². The van der Waals surface area contributed by atoms with Gasteiger partial charge in [-0.05, 0) is 5.56 Å². The number of hydrogen-bond donors (Lipinski definition) is 1. The SMILES string of the molecule is c1ccc(Cc2ncoc2-c2cn[nH]c2)cc1. The van der Waals surface area contributed by atoms with Crippen molar-refractivity contribution in [3.8, 4) is 11.3 Å². The maximum atomic E-state index is 5.41. The van der Waals surface area contributed by atoms with Crippen molar-refractivity contribution in [3.05, 3.63) is 60.4 Å². The van der Waals surface area contributed by atoms with Gasteiger partial charge in [-0.1, -0.05) is 30.3 Å². The Labute approximate surface area is 98.3 Å². The summed E-state index contributed by atoms with van der Waals surface area (Å²) in [6.45, 7) is 0. The summed E-state index contributed by atoms with van der Waals surface area (Å²) in [5.74, 6) is 0.780. The maximum absolute atomic E-state index is 5.41. The van der Waals surface area contributed by atoms with Crippen LogP contribution >= 0.6 is 0 Å². The van der Waals surface area contributed by atoms with E-state index < -0.39 is 0 Å². The molecule has 0 fully saturated rings. The van der Waals surface area contributed by atoms with Gasteiger partial charge in [-0.3, -0.25) is 5.10 Å². The van der Waals surface area contributed by atoms with Crippen molar-refractivity contribution in [1.29, 1.82) is 0 Å². The highest BCUT2D eigenvalue weighted by Crippen LogP contribution is 2.23. The summed E-state index contributed by atoms with van der Waals surface area (Å²) in [7, 11) is 0. The largest absolute Gasteiger partial charge is 0.443 e. The number of nitrogens with one attached hydrogen (secondary N) is 1. The molecular formula is C13H11N3O. The lowest BCUT2D eigenvalue weighted by Gasteiger charge is -1.99. The van der Waals surface area contributed by atoms with Crippen LogP contribution in [-0.2, 0) is 6.42 Å². The van der Waals surface area contributed by atoms with Gasteiger partial charge in [0.15, 0.2) is 12.2 Å². The Balaban J connectivity index is 1.92. The molecule has 3 aromatic rings. The van der Waals surface area contributed by atoms with Crippen LogP contribution in [0.4, 0.5) is 0 Å². The monoisotopic (exact) mass is 225 g/mol. The van der Waals surface area contributed by atoms with Crippen molar-refractivity contribution >= 4 is 0 Å². The molecule has 0 aliphatic carbocycles. The van der Waals surface area contributed by atoms with Gasteiger partial charge in [-0.2, -0.15) is 5.10 Å². The van der Waals surface area contributed by atoms with Gasteiger partial charge in [0.2, 0.25) is 0 Å². The van der Waals surface area contributed by atoms with Crippen molar-refractivity contribution in [2.45, 2.75) is 6.42 Å². The second-order valence-corrected chi connectivity index (χ2v) is 3.78. The zero-order valence-electron chi connectivity index (χ0n) is 9.13. The molecule has 17 heavy (non-hydrogen) atoms. The van der Waals surface area contributed by atoms with Gasteiger partial charge < -0.3 is 4.42 Å². The van der Waals surface area contributed by atoms with Crippen molar-refractivity contribution in [1.82, 2.24) is 15.2 Å². The molecule has 2 heterocycles. The van der Waals surface area contributed by atoms with Crippen LogP contribution in [-0.4, -0.2) is 15.2 Å². The van der Waals surface area contributed by atoms with Crippen LogP contribution in [0.3, 0.4) is 0 Å². The zero-order chi connectivity index (χ0) is 11.5. The van der Waals surface area contributed by atoms with Gasteiger partial charge in [-0.25, -0.2) is 4.98 Å². The minimum absolute atomic E-state index is 0.762. The molecule has 2 aromatic heterocycles. The zero-order valence-corrected chi connectivity index (χ0v) is 9.13. The fourth-order valence-corrected chi connectivity index (χ4v) is 1.79. The lowest BCUT2D eigenvalue weighted by molar-refractivity contribution is 0.571. The standard InChI is InChI=1S/C13H11N3O/c1-2-4-10(5-3-1)6-12-13(17-9-14-12)11-7-15-16-8-11/h1-5,7-9H,6H2,(H,15,16). The highest BCUT2D eigenvalue weighted by molar-refractivity contribution is 5.58. The first-order chi connectivity index (χ1) is 8.43. The summed E-state index contributed by atoms with van der Waals surface area (Å²) in [6.07, 6.45) is 5.77. The van der Waals surface area contributed by atoms with Crippen LogP contribution in [0.5, 0.6) is 0 Å². The van der Waals surface area contributed by atoms with Crippen molar-refractivity contribution in [2.24, 2.45) is 0 Å². The Morgan fingerprint density at radius 1 is 1.18 bits per heavy atom. The average molecular weight is 225 g/mol. The summed E-state index contributed by atoms with van der Waals surface area (Å²) >= 11 is 0. The van der Waals surface area contributed by atoms with Gasteiger partial charge >= 0.3 is 0 Å². The lowest BCUT2D eigenvalue weighted by atomic mass is 10.1. The summed E-state index contributed by atoms with van der Waals surface area (Å²) < 4.78 is 5.41. The summed E-state index contributed by atoms with van der Waals surface area (Å²) in [4.78, 5) is 4.26. The number of aromatic nitrogens is 3. The van der Waals surface area contributed by atoms with Gasteiger partial charge in [0.05, 0.1) is 17.5 Å². The second kappa shape index (κ2) is 4.25. The number of H-pyrrole nitrogens is 1. The third kappa shape index (κ3) is 1.97. The first kappa shape index (κ1) is 9.84. The molecule has 0 saturated heterocycles. The average Bonchev–Trinajstić information content (AvgIpc) is 3.00. The molecule has 4 heteroatoms. The van der Waals surface area contributed by atoms with E-state index >= 15 is 0 Å². The summed E-state index contributed by atoms with van der Waals surface area (Å²) in [5, 5.41) is 6.68. The number of rotatable bonds is 3. The van der Waals surface area contributed by atoms with E-state index in [0.717, 1.165) is 23.4 Å². The Morgan fingerprint density at radius 3 is 2.82 bits per heavy atom. The first-order valence-corrected chi connectivity index (χ1v) is 5.39. The number of oxazole rings is 1. The Hall–Kier alpha value is -2.36. The molecule has 0 amide bonds. The van der Waals surface area contributed by atoms with E-state index in [9.17, 15) is 0 Å². The molecule has 3 rings (SSSR count). The van der Waals surface area contributed by atoms with E-state index in [2.05, 4.69) is 27.3 Å². The molecule has 0 atom stereocenters. The number of aromatic amines is 1. The van der Waals surface area contributed by atoms with Crippen LogP contribution in [0.2, 0.25) is 0 Å². The van der Waals surface area contributed by atoms with E-state index in [1.165, 1.54) is 12.0 Å². The molecule has 0 saturated carbocycles. The van der Waals surface area contributed by atoms with Gasteiger partial charge in [0.1, 0.15) is 0 Å². The highest BCUT2D eigenvalue weighted by atomic mass is 16.3. The van der Waals surface area contributed by atoms with Crippen LogP contribution in [0.25, 0.3) is 11.3 Å². The van der Waals surface area contributed by atoms with Crippen LogP contribution in [0, 0.1) is 0 Å². The molecule has 4 nitrogen and oxygen atoms in total. The highest BCUT2D eigenvalue weighted by Gasteiger charge is 2.11. The Morgan fingerprint density at radius 2 is 2.06 bits per heavy atom. The number of nitrogens with zero attached hydrogens (tertiary/aromatic N) is 2.